The van der Waals surface area contributed by atoms with Crippen LogP contribution in [0.3, 0.4) is 0 Å². The molecule has 0 bridgehead atoms. The third-order valence-corrected chi connectivity index (χ3v) is 9.89. The summed E-state index contributed by atoms with van der Waals surface area (Å²) in [6, 6.07) is 12.1. The lowest BCUT2D eigenvalue weighted by atomic mass is 9.86. The lowest BCUT2D eigenvalue weighted by Gasteiger charge is -2.33. The van der Waals surface area contributed by atoms with Gasteiger partial charge in [0.15, 0.2) is 0 Å². The van der Waals surface area contributed by atoms with Crippen LogP contribution in [0.1, 0.15) is 71.3 Å². The summed E-state index contributed by atoms with van der Waals surface area (Å²) in [5, 5.41) is 8.52. The first-order valence-corrected chi connectivity index (χ1v) is 16.2. The van der Waals surface area contributed by atoms with Crippen molar-refractivity contribution in [3.8, 4) is 0 Å². The highest BCUT2D eigenvalue weighted by atomic mass is 32.2. The SMILES string of the molecule is Cc1ccc2ccccc2c1S(=O)(=O)NC1CCC(CNc2nc(NC(C)C)nc(N3CCCCC3C)n2)CC1. The van der Waals surface area contributed by atoms with Crippen LogP contribution in [-0.4, -0.2) is 54.6 Å². The number of hydrogen-bond donors (Lipinski definition) is 3. The molecule has 3 N–H and O–H groups in total. The lowest BCUT2D eigenvalue weighted by molar-refractivity contribution is 0.323. The minimum atomic E-state index is -3.63. The Labute approximate surface area is 238 Å². The van der Waals surface area contributed by atoms with E-state index in [1.807, 2.05) is 43.3 Å². The van der Waals surface area contributed by atoms with Gasteiger partial charge in [0.05, 0.1) is 4.90 Å². The fraction of sp³-hybridized carbons (Fsp3) is 0.567. The number of rotatable bonds is 9. The van der Waals surface area contributed by atoms with Crippen LogP contribution in [0.15, 0.2) is 41.3 Å². The van der Waals surface area contributed by atoms with Gasteiger partial charge in [0.1, 0.15) is 0 Å². The molecule has 2 fully saturated rings. The predicted octanol–water partition coefficient (Wildman–Crippen LogP) is 5.48. The van der Waals surface area contributed by atoms with Gasteiger partial charge in [0.2, 0.25) is 27.9 Å². The van der Waals surface area contributed by atoms with Gasteiger partial charge in [0, 0.05) is 36.6 Å². The average molecular weight is 566 g/mol. The summed E-state index contributed by atoms with van der Waals surface area (Å²) in [5.74, 6) is 2.35. The molecule has 1 aromatic heterocycles. The summed E-state index contributed by atoms with van der Waals surface area (Å²) >= 11 is 0. The molecule has 5 rings (SSSR count). The second-order valence-corrected chi connectivity index (χ2v) is 13.4. The van der Waals surface area contributed by atoms with E-state index in [4.69, 9.17) is 9.97 Å². The van der Waals surface area contributed by atoms with Crippen molar-refractivity contribution in [2.45, 2.75) is 95.7 Å². The molecule has 40 heavy (non-hydrogen) atoms. The number of nitrogens with one attached hydrogen (secondary N) is 3. The Morgan fingerprint density at radius 2 is 1.70 bits per heavy atom. The molecule has 0 spiro atoms. The molecule has 1 saturated heterocycles. The predicted molar refractivity (Wildman–Crippen MR) is 162 cm³/mol. The van der Waals surface area contributed by atoms with Gasteiger partial charge in [-0.3, -0.25) is 0 Å². The quantitative estimate of drug-likeness (QED) is 0.313. The maximum Gasteiger partial charge on any atom is 0.241 e. The van der Waals surface area contributed by atoms with E-state index in [1.165, 1.54) is 6.42 Å². The molecule has 2 heterocycles. The van der Waals surface area contributed by atoms with Crippen LogP contribution >= 0.6 is 0 Å². The fourth-order valence-corrected chi connectivity index (χ4v) is 7.76. The largest absolute Gasteiger partial charge is 0.354 e. The van der Waals surface area contributed by atoms with Crippen LogP contribution in [-0.2, 0) is 10.0 Å². The Kier molecular flexibility index (Phi) is 8.75. The highest BCUT2D eigenvalue weighted by molar-refractivity contribution is 7.89. The van der Waals surface area contributed by atoms with Gasteiger partial charge < -0.3 is 15.5 Å². The monoisotopic (exact) mass is 565 g/mol. The summed E-state index contributed by atoms with van der Waals surface area (Å²) in [6.45, 7) is 9.97. The maximum atomic E-state index is 13.5. The highest BCUT2D eigenvalue weighted by Crippen LogP contribution is 2.30. The van der Waals surface area contributed by atoms with Crippen molar-refractivity contribution in [2.24, 2.45) is 5.92 Å². The summed E-state index contributed by atoms with van der Waals surface area (Å²) in [4.78, 5) is 16.8. The van der Waals surface area contributed by atoms with E-state index in [0.717, 1.165) is 73.9 Å². The first kappa shape index (κ1) is 28.5. The maximum absolute atomic E-state index is 13.5. The molecule has 216 valence electrons. The highest BCUT2D eigenvalue weighted by Gasteiger charge is 2.28. The zero-order valence-electron chi connectivity index (χ0n) is 24.2. The molecular weight excluding hydrogens is 522 g/mol. The molecule has 1 atom stereocenters. The van der Waals surface area contributed by atoms with Gasteiger partial charge in [-0.05, 0) is 89.5 Å². The van der Waals surface area contributed by atoms with Crippen molar-refractivity contribution in [1.82, 2.24) is 19.7 Å². The summed E-state index contributed by atoms with van der Waals surface area (Å²) < 4.78 is 29.9. The summed E-state index contributed by atoms with van der Waals surface area (Å²) in [6.07, 6.45) is 7.03. The molecule has 0 radical (unpaired) electrons. The van der Waals surface area contributed by atoms with Crippen molar-refractivity contribution < 1.29 is 8.42 Å². The van der Waals surface area contributed by atoms with Crippen LogP contribution in [0.4, 0.5) is 17.8 Å². The number of benzene rings is 2. The summed E-state index contributed by atoms with van der Waals surface area (Å²) in [5.41, 5.74) is 0.770. The summed E-state index contributed by atoms with van der Waals surface area (Å²) in [7, 11) is -3.63. The van der Waals surface area contributed by atoms with E-state index < -0.39 is 10.0 Å². The minimum absolute atomic E-state index is 0.0640. The fourth-order valence-electron chi connectivity index (χ4n) is 6.00. The standard InChI is InChI=1S/C30H43N7O2S/c1-20(2)32-29-33-28(34-30(35-29)37-18-8-7-9-22(37)4)31-19-23-13-16-25(17-14-23)36-40(38,39)27-21(3)12-15-24-10-5-6-11-26(24)27/h5-6,10-12,15,20,22-23,25,36H,7-9,13-14,16-19H2,1-4H3,(H2,31,32,33,34,35). The van der Waals surface area contributed by atoms with Crippen LogP contribution in [0.5, 0.6) is 0 Å². The number of anilines is 3. The number of piperidine rings is 1. The average Bonchev–Trinajstić information content (AvgIpc) is 2.92. The van der Waals surface area contributed by atoms with Gasteiger partial charge in [-0.1, -0.05) is 36.4 Å². The van der Waals surface area contributed by atoms with E-state index in [1.54, 1.807) is 0 Å². The molecule has 0 amide bonds. The molecule has 1 aliphatic carbocycles. The van der Waals surface area contributed by atoms with Gasteiger partial charge in [0.25, 0.3) is 0 Å². The Balaban J connectivity index is 1.21. The topological polar surface area (TPSA) is 112 Å². The molecule has 1 saturated carbocycles. The number of nitrogens with zero attached hydrogens (tertiary/aromatic N) is 4. The van der Waals surface area contributed by atoms with Crippen LogP contribution in [0, 0.1) is 12.8 Å². The normalized spacial score (nSPS) is 22.0. The van der Waals surface area contributed by atoms with Crippen molar-refractivity contribution >= 4 is 38.6 Å². The molecule has 2 aromatic carbocycles. The van der Waals surface area contributed by atoms with Crippen molar-refractivity contribution in [3.63, 3.8) is 0 Å². The first-order valence-electron chi connectivity index (χ1n) is 14.7. The van der Waals surface area contributed by atoms with Gasteiger partial charge in [-0.2, -0.15) is 15.0 Å². The lowest BCUT2D eigenvalue weighted by Crippen LogP contribution is -2.39. The number of sulfonamides is 1. The number of fused-ring (bicyclic) bond motifs is 1. The van der Waals surface area contributed by atoms with Crippen LogP contribution in [0.2, 0.25) is 0 Å². The number of aromatic nitrogens is 3. The van der Waals surface area contributed by atoms with E-state index in [2.05, 4.69) is 46.0 Å². The third kappa shape index (κ3) is 6.66. The second kappa shape index (κ2) is 12.3. The Morgan fingerprint density at radius 1 is 0.950 bits per heavy atom. The van der Waals surface area contributed by atoms with Crippen molar-refractivity contribution in [3.05, 3.63) is 42.0 Å². The Hall–Kier alpha value is -2.98. The van der Waals surface area contributed by atoms with Crippen LogP contribution in [0.25, 0.3) is 10.8 Å². The van der Waals surface area contributed by atoms with E-state index >= 15 is 0 Å². The smallest absolute Gasteiger partial charge is 0.241 e. The molecular formula is C30H43N7O2S. The van der Waals surface area contributed by atoms with Gasteiger partial charge in [-0.25, -0.2) is 13.1 Å². The van der Waals surface area contributed by atoms with Crippen LogP contribution < -0.4 is 20.3 Å². The molecule has 1 aliphatic heterocycles. The Morgan fingerprint density at radius 3 is 2.45 bits per heavy atom. The molecule has 9 nitrogen and oxygen atoms in total. The van der Waals surface area contributed by atoms with E-state index in [9.17, 15) is 8.42 Å². The molecule has 2 aliphatic rings. The number of hydrogen-bond acceptors (Lipinski definition) is 8. The Bertz CT molecular complexity index is 1420. The van der Waals surface area contributed by atoms with E-state index in [0.29, 0.717) is 28.8 Å². The van der Waals surface area contributed by atoms with E-state index in [-0.39, 0.29) is 12.1 Å². The minimum Gasteiger partial charge on any atom is -0.354 e. The van der Waals surface area contributed by atoms with Gasteiger partial charge in [-0.15, -0.1) is 0 Å². The van der Waals surface area contributed by atoms with Crippen molar-refractivity contribution in [2.75, 3.05) is 28.6 Å². The van der Waals surface area contributed by atoms with Gasteiger partial charge >= 0.3 is 0 Å². The molecule has 3 aromatic rings. The first-order chi connectivity index (χ1) is 19.2. The van der Waals surface area contributed by atoms with Crippen molar-refractivity contribution in [1.29, 1.82) is 0 Å². The molecule has 1 unspecified atom stereocenters. The number of aryl methyl sites for hydroxylation is 1. The zero-order valence-corrected chi connectivity index (χ0v) is 25.0. The second-order valence-electron chi connectivity index (χ2n) is 11.8. The zero-order chi connectivity index (χ0) is 28.3. The molecule has 10 heteroatoms. The third-order valence-electron chi connectivity index (χ3n) is 8.16.